The van der Waals surface area contributed by atoms with Crippen LogP contribution in [0.3, 0.4) is 0 Å². The van der Waals surface area contributed by atoms with E-state index in [1.54, 1.807) is 24.3 Å². The van der Waals surface area contributed by atoms with Crippen molar-refractivity contribution in [2.75, 3.05) is 0 Å². The molecular formula is C18H14N4O4. The summed E-state index contributed by atoms with van der Waals surface area (Å²) in [6, 6.07) is 9.76. The van der Waals surface area contributed by atoms with E-state index in [0.717, 1.165) is 10.3 Å². The van der Waals surface area contributed by atoms with Crippen LogP contribution in [0.4, 0.5) is 0 Å². The van der Waals surface area contributed by atoms with Gasteiger partial charge in [-0.3, -0.25) is 14.5 Å². The Labute approximate surface area is 147 Å². The van der Waals surface area contributed by atoms with Gasteiger partial charge in [0.1, 0.15) is 11.7 Å². The summed E-state index contributed by atoms with van der Waals surface area (Å²) in [4.78, 5) is 37.8. The molecule has 1 aliphatic heterocycles. The molecule has 0 saturated carbocycles. The summed E-state index contributed by atoms with van der Waals surface area (Å²) in [5.41, 5.74) is 1.26. The Kier molecular flexibility index (Phi) is 3.54. The first-order chi connectivity index (χ1) is 12.5. The second kappa shape index (κ2) is 5.76. The van der Waals surface area contributed by atoms with Crippen LogP contribution in [0, 0.1) is 0 Å². The summed E-state index contributed by atoms with van der Waals surface area (Å²) in [5.74, 6) is -1.85. The normalized spacial score (nSPS) is 14.7. The number of hydrogen-bond acceptors (Lipinski definition) is 5. The van der Waals surface area contributed by atoms with E-state index >= 15 is 0 Å². The number of rotatable bonds is 4. The molecule has 2 aromatic carbocycles. The maximum atomic E-state index is 12.8. The first kappa shape index (κ1) is 15.9. The quantitative estimate of drug-likeness (QED) is 0.720. The number of benzene rings is 2. The van der Waals surface area contributed by atoms with Crippen molar-refractivity contribution < 1.29 is 19.5 Å². The molecule has 0 radical (unpaired) electrons. The van der Waals surface area contributed by atoms with Crippen LogP contribution in [0.2, 0.25) is 0 Å². The van der Waals surface area contributed by atoms with Gasteiger partial charge in [-0.05, 0) is 24.4 Å². The summed E-state index contributed by atoms with van der Waals surface area (Å²) in [6.07, 6.45) is 1.43. The minimum atomic E-state index is -1.05. The minimum Gasteiger partial charge on any atom is -0.480 e. The zero-order valence-corrected chi connectivity index (χ0v) is 13.8. The molecule has 0 unspecified atom stereocenters. The molecule has 4 rings (SSSR count). The van der Waals surface area contributed by atoms with Crippen molar-refractivity contribution in [3.63, 3.8) is 0 Å². The van der Waals surface area contributed by atoms with Crippen molar-refractivity contribution in [3.8, 4) is 0 Å². The fourth-order valence-corrected chi connectivity index (χ4v) is 3.07. The van der Waals surface area contributed by atoms with E-state index in [1.165, 1.54) is 17.8 Å². The SMILES string of the molecule is C[C@@H](C(=O)O)n1cc(CN2C(=O)c3cccc4cccc(c34)C2=O)nn1. The Morgan fingerprint density at radius 3 is 2.31 bits per heavy atom. The van der Waals surface area contributed by atoms with Crippen LogP contribution in [0.1, 0.15) is 39.4 Å². The number of carboxylic acids is 1. The summed E-state index contributed by atoms with van der Waals surface area (Å²) in [7, 11) is 0. The second-order valence-electron chi connectivity index (χ2n) is 6.11. The number of carbonyl (C=O) groups excluding carboxylic acids is 2. The topological polar surface area (TPSA) is 105 Å². The van der Waals surface area contributed by atoms with Crippen LogP contribution < -0.4 is 0 Å². The number of nitrogens with zero attached hydrogens (tertiary/aromatic N) is 4. The van der Waals surface area contributed by atoms with Crippen molar-refractivity contribution >= 4 is 28.6 Å². The van der Waals surface area contributed by atoms with Gasteiger partial charge in [0.2, 0.25) is 0 Å². The van der Waals surface area contributed by atoms with Gasteiger partial charge in [-0.15, -0.1) is 5.10 Å². The lowest BCUT2D eigenvalue weighted by Crippen LogP contribution is -2.39. The van der Waals surface area contributed by atoms with E-state index in [4.69, 9.17) is 5.11 Å². The lowest BCUT2D eigenvalue weighted by Gasteiger charge is -2.26. The zero-order chi connectivity index (χ0) is 18.4. The van der Waals surface area contributed by atoms with Gasteiger partial charge in [0.15, 0.2) is 0 Å². The van der Waals surface area contributed by atoms with Gasteiger partial charge >= 0.3 is 5.97 Å². The van der Waals surface area contributed by atoms with E-state index < -0.39 is 23.8 Å². The van der Waals surface area contributed by atoms with Crippen molar-refractivity contribution in [2.24, 2.45) is 0 Å². The highest BCUT2D eigenvalue weighted by atomic mass is 16.4. The highest BCUT2D eigenvalue weighted by Gasteiger charge is 2.33. The van der Waals surface area contributed by atoms with Crippen LogP contribution in [-0.2, 0) is 11.3 Å². The molecule has 8 heteroatoms. The number of amides is 2. The fraction of sp³-hybridized carbons (Fsp3) is 0.167. The third-order valence-corrected chi connectivity index (χ3v) is 4.49. The minimum absolute atomic E-state index is 0.0747. The Morgan fingerprint density at radius 1 is 1.12 bits per heavy atom. The molecule has 0 spiro atoms. The van der Waals surface area contributed by atoms with Gasteiger partial charge in [-0.25, -0.2) is 9.48 Å². The van der Waals surface area contributed by atoms with Gasteiger partial charge in [0, 0.05) is 16.5 Å². The van der Waals surface area contributed by atoms with Crippen molar-refractivity contribution in [1.29, 1.82) is 0 Å². The Bertz CT molecular complexity index is 1020. The fourth-order valence-electron chi connectivity index (χ4n) is 3.07. The Hall–Kier alpha value is -3.55. The van der Waals surface area contributed by atoms with E-state index in [9.17, 15) is 14.4 Å². The van der Waals surface area contributed by atoms with Gasteiger partial charge in [0.25, 0.3) is 11.8 Å². The second-order valence-corrected chi connectivity index (χ2v) is 6.11. The molecular weight excluding hydrogens is 336 g/mol. The molecule has 0 saturated heterocycles. The highest BCUT2D eigenvalue weighted by molar-refractivity contribution is 6.25. The number of carbonyl (C=O) groups is 3. The van der Waals surface area contributed by atoms with Crippen LogP contribution in [0.15, 0.2) is 42.6 Å². The molecule has 130 valence electrons. The Balaban J connectivity index is 1.70. The zero-order valence-electron chi connectivity index (χ0n) is 13.8. The summed E-state index contributed by atoms with van der Waals surface area (Å²) in [5, 5.41) is 18.2. The largest absolute Gasteiger partial charge is 0.480 e. The lowest BCUT2D eigenvalue weighted by molar-refractivity contribution is -0.140. The number of aliphatic carboxylic acids is 1. The molecule has 3 aromatic rings. The number of imide groups is 1. The van der Waals surface area contributed by atoms with Gasteiger partial charge in [0.05, 0.1) is 12.7 Å². The molecule has 1 aliphatic rings. The number of carboxylic acid groups (broad SMARTS) is 1. The van der Waals surface area contributed by atoms with Crippen LogP contribution in [-0.4, -0.2) is 42.8 Å². The molecule has 0 fully saturated rings. The maximum absolute atomic E-state index is 12.8. The first-order valence-electron chi connectivity index (χ1n) is 7.99. The van der Waals surface area contributed by atoms with Crippen LogP contribution in [0.25, 0.3) is 10.8 Å². The smallest absolute Gasteiger partial charge is 0.328 e. The third-order valence-electron chi connectivity index (χ3n) is 4.49. The third kappa shape index (κ3) is 2.34. The van der Waals surface area contributed by atoms with E-state index in [0.29, 0.717) is 22.2 Å². The van der Waals surface area contributed by atoms with Crippen molar-refractivity contribution in [1.82, 2.24) is 19.9 Å². The number of aromatic nitrogens is 3. The average Bonchev–Trinajstić information content (AvgIpc) is 3.11. The van der Waals surface area contributed by atoms with Gasteiger partial charge in [-0.2, -0.15) is 0 Å². The summed E-state index contributed by atoms with van der Waals surface area (Å²) < 4.78 is 1.19. The average molecular weight is 350 g/mol. The molecule has 26 heavy (non-hydrogen) atoms. The Morgan fingerprint density at radius 2 is 1.73 bits per heavy atom. The lowest BCUT2D eigenvalue weighted by atomic mass is 9.94. The summed E-state index contributed by atoms with van der Waals surface area (Å²) in [6.45, 7) is 1.39. The van der Waals surface area contributed by atoms with Gasteiger partial charge in [-0.1, -0.05) is 29.5 Å². The van der Waals surface area contributed by atoms with Crippen molar-refractivity contribution in [2.45, 2.75) is 19.5 Å². The predicted octanol–water partition coefficient (Wildman–Crippen LogP) is 1.87. The molecule has 1 N–H and O–H groups in total. The molecule has 1 aromatic heterocycles. The highest BCUT2D eigenvalue weighted by Crippen LogP contribution is 2.30. The molecule has 2 amide bonds. The van der Waals surface area contributed by atoms with Crippen molar-refractivity contribution in [3.05, 3.63) is 59.4 Å². The molecule has 2 heterocycles. The number of hydrogen-bond donors (Lipinski definition) is 1. The van der Waals surface area contributed by atoms with Gasteiger partial charge < -0.3 is 5.11 Å². The molecule has 8 nitrogen and oxygen atoms in total. The first-order valence-corrected chi connectivity index (χ1v) is 7.99. The molecule has 1 atom stereocenters. The monoisotopic (exact) mass is 350 g/mol. The standard InChI is InChI=1S/C18H14N4O4/c1-10(18(25)26)22-9-12(19-20-22)8-21-16(23)13-6-2-4-11-5-3-7-14(15(11)13)17(21)24/h2-7,9-10H,8H2,1H3,(H,25,26)/t10-/m0/s1. The van der Waals surface area contributed by atoms with E-state index in [-0.39, 0.29) is 6.54 Å². The van der Waals surface area contributed by atoms with E-state index in [1.807, 2.05) is 12.1 Å². The molecule has 0 aliphatic carbocycles. The predicted molar refractivity (Wildman–Crippen MR) is 90.5 cm³/mol. The van der Waals surface area contributed by atoms with Crippen LogP contribution in [0.5, 0.6) is 0 Å². The van der Waals surface area contributed by atoms with E-state index in [2.05, 4.69) is 10.3 Å². The summed E-state index contributed by atoms with van der Waals surface area (Å²) >= 11 is 0. The molecule has 0 bridgehead atoms. The maximum Gasteiger partial charge on any atom is 0.328 e. The van der Waals surface area contributed by atoms with Crippen LogP contribution >= 0.6 is 0 Å².